The number of hydrogen-bond donors (Lipinski definition) is 1. The Labute approximate surface area is 119 Å². The highest BCUT2D eigenvalue weighted by Gasteiger charge is 2.14. The van der Waals surface area contributed by atoms with Crippen molar-refractivity contribution in [2.24, 2.45) is 0 Å². The number of rotatable bonds is 2. The molecule has 0 saturated carbocycles. The Morgan fingerprint density at radius 2 is 2.05 bits per heavy atom. The highest BCUT2D eigenvalue weighted by molar-refractivity contribution is 6.03. The maximum atomic E-state index is 13.5. The molecule has 3 rings (SSSR count). The molecule has 21 heavy (non-hydrogen) atoms. The molecule has 0 aliphatic heterocycles. The van der Waals surface area contributed by atoms with Crippen LogP contribution in [0.1, 0.15) is 16.2 Å². The predicted molar refractivity (Wildman–Crippen MR) is 74.2 cm³/mol. The fourth-order valence-electron chi connectivity index (χ4n) is 2.03. The second-order valence-corrected chi connectivity index (χ2v) is 4.60. The van der Waals surface area contributed by atoms with Gasteiger partial charge < -0.3 is 9.72 Å². The van der Waals surface area contributed by atoms with Crippen LogP contribution in [-0.2, 0) is 0 Å². The van der Waals surface area contributed by atoms with Crippen molar-refractivity contribution in [3.05, 3.63) is 65.6 Å². The van der Waals surface area contributed by atoms with Gasteiger partial charge >= 0.3 is 0 Å². The zero-order valence-corrected chi connectivity index (χ0v) is 11.1. The molecule has 0 spiro atoms. The minimum absolute atomic E-state index is 0.0878. The Kier molecular flexibility index (Phi) is 3.13. The van der Waals surface area contributed by atoms with Crippen LogP contribution in [0.25, 0.3) is 5.65 Å². The molecule has 0 radical (unpaired) electrons. The van der Waals surface area contributed by atoms with E-state index < -0.39 is 17.5 Å². The number of amides is 1. The fraction of sp³-hybridized carbons (Fsp3) is 0.0667. The van der Waals surface area contributed by atoms with Gasteiger partial charge in [-0.2, -0.15) is 0 Å². The van der Waals surface area contributed by atoms with Gasteiger partial charge in [0.1, 0.15) is 23.0 Å². The van der Waals surface area contributed by atoms with Crippen molar-refractivity contribution in [3.63, 3.8) is 0 Å². The SMILES string of the molecule is Cc1cccc2nc(C(=O)Nc3ccc(F)cc3F)cn12. The van der Waals surface area contributed by atoms with Gasteiger partial charge in [-0.05, 0) is 31.2 Å². The summed E-state index contributed by atoms with van der Waals surface area (Å²) < 4.78 is 28.1. The van der Waals surface area contributed by atoms with E-state index >= 15 is 0 Å². The van der Waals surface area contributed by atoms with Gasteiger partial charge in [0, 0.05) is 18.0 Å². The molecule has 106 valence electrons. The largest absolute Gasteiger partial charge is 0.318 e. The van der Waals surface area contributed by atoms with E-state index in [1.165, 1.54) is 6.07 Å². The number of hydrogen-bond acceptors (Lipinski definition) is 2. The maximum absolute atomic E-state index is 13.5. The van der Waals surface area contributed by atoms with Crippen molar-refractivity contribution in [3.8, 4) is 0 Å². The fourth-order valence-corrected chi connectivity index (χ4v) is 2.03. The number of nitrogens with one attached hydrogen (secondary N) is 1. The third kappa shape index (κ3) is 2.47. The summed E-state index contributed by atoms with van der Waals surface area (Å²) in [6.45, 7) is 1.88. The molecule has 0 aliphatic rings. The molecule has 2 aromatic heterocycles. The molecule has 2 heterocycles. The topological polar surface area (TPSA) is 46.4 Å². The lowest BCUT2D eigenvalue weighted by Crippen LogP contribution is -2.13. The summed E-state index contributed by atoms with van der Waals surface area (Å²) in [6, 6.07) is 8.44. The van der Waals surface area contributed by atoms with Gasteiger partial charge in [0.25, 0.3) is 5.91 Å². The van der Waals surface area contributed by atoms with Crippen LogP contribution in [0, 0.1) is 18.6 Å². The first-order valence-corrected chi connectivity index (χ1v) is 6.26. The van der Waals surface area contributed by atoms with Gasteiger partial charge in [0.05, 0.1) is 5.69 Å². The van der Waals surface area contributed by atoms with Gasteiger partial charge in [-0.3, -0.25) is 4.79 Å². The highest BCUT2D eigenvalue weighted by Crippen LogP contribution is 2.16. The van der Waals surface area contributed by atoms with E-state index in [1.807, 2.05) is 19.1 Å². The lowest BCUT2D eigenvalue weighted by atomic mass is 10.3. The Morgan fingerprint density at radius 1 is 1.24 bits per heavy atom. The predicted octanol–water partition coefficient (Wildman–Crippen LogP) is 3.17. The molecule has 0 bridgehead atoms. The van der Waals surface area contributed by atoms with Gasteiger partial charge in [-0.15, -0.1) is 0 Å². The number of carbonyl (C=O) groups excluding carboxylic acids is 1. The summed E-state index contributed by atoms with van der Waals surface area (Å²) >= 11 is 0. The van der Waals surface area contributed by atoms with Gasteiger partial charge in [-0.25, -0.2) is 13.8 Å². The molecule has 0 unspecified atom stereocenters. The molecule has 4 nitrogen and oxygen atoms in total. The number of aryl methyl sites for hydroxylation is 1. The second-order valence-electron chi connectivity index (χ2n) is 4.60. The Balaban J connectivity index is 1.92. The summed E-state index contributed by atoms with van der Waals surface area (Å²) in [5.74, 6) is -2.08. The lowest BCUT2D eigenvalue weighted by molar-refractivity contribution is 0.102. The molecule has 0 saturated heterocycles. The summed E-state index contributed by atoms with van der Waals surface area (Å²) in [5.41, 5.74) is 1.62. The van der Waals surface area contributed by atoms with Crippen LogP contribution in [0.15, 0.2) is 42.6 Å². The molecule has 6 heteroatoms. The Hall–Kier alpha value is -2.76. The van der Waals surface area contributed by atoms with Crippen molar-refractivity contribution in [2.75, 3.05) is 5.32 Å². The maximum Gasteiger partial charge on any atom is 0.275 e. The van der Waals surface area contributed by atoms with Crippen LogP contribution in [0.5, 0.6) is 0 Å². The third-order valence-electron chi connectivity index (χ3n) is 3.11. The number of anilines is 1. The van der Waals surface area contributed by atoms with Crippen LogP contribution in [0.4, 0.5) is 14.5 Å². The van der Waals surface area contributed by atoms with Crippen molar-refractivity contribution in [1.29, 1.82) is 0 Å². The smallest absolute Gasteiger partial charge is 0.275 e. The van der Waals surface area contributed by atoms with Crippen LogP contribution in [0.3, 0.4) is 0 Å². The van der Waals surface area contributed by atoms with E-state index in [0.29, 0.717) is 11.7 Å². The molecular weight excluding hydrogens is 276 g/mol. The van der Waals surface area contributed by atoms with E-state index in [2.05, 4.69) is 10.3 Å². The number of imidazole rings is 1. The van der Waals surface area contributed by atoms with E-state index in [-0.39, 0.29) is 11.4 Å². The standard InChI is InChI=1S/C15H11F2N3O/c1-9-3-2-4-14-18-13(8-20(9)14)15(21)19-12-6-5-10(16)7-11(12)17/h2-8H,1H3,(H,19,21). The first kappa shape index (κ1) is 13.2. The zero-order chi connectivity index (χ0) is 15.0. The average molecular weight is 287 g/mol. The third-order valence-corrected chi connectivity index (χ3v) is 3.11. The number of fused-ring (bicyclic) bond motifs is 1. The molecule has 0 atom stereocenters. The normalized spacial score (nSPS) is 10.8. The van der Waals surface area contributed by atoms with Gasteiger partial charge in [-0.1, -0.05) is 6.07 Å². The molecule has 3 aromatic rings. The van der Waals surface area contributed by atoms with Crippen molar-refractivity contribution < 1.29 is 13.6 Å². The van der Waals surface area contributed by atoms with Crippen LogP contribution in [-0.4, -0.2) is 15.3 Å². The van der Waals surface area contributed by atoms with Crippen molar-refractivity contribution >= 4 is 17.2 Å². The first-order valence-electron chi connectivity index (χ1n) is 6.26. The lowest BCUT2D eigenvalue weighted by Gasteiger charge is -2.04. The quantitative estimate of drug-likeness (QED) is 0.787. The van der Waals surface area contributed by atoms with Crippen LogP contribution < -0.4 is 5.32 Å². The number of halogens is 2. The molecule has 1 amide bonds. The zero-order valence-electron chi connectivity index (χ0n) is 11.1. The molecule has 1 aromatic carbocycles. The van der Waals surface area contributed by atoms with Crippen molar-refractivity contribution in [2.45, 2.75) is 6.92 Å². The van der Waals surface area contributed by atoms with Crippen molar-refractivity contribution in [1.82, 2.24) is 9.38 Å². The van der Waals surface area contributed by atoms with E-state index in [0.717, 1.165) is 11.8 Å². The average Bonchev–Trinajstić information content (AvgIpc) is 2.87. The van der Waals surface area contributed by atoms with E-state index in [1.54, 1.807) is 16.7 Å². The molecule has 0 aliphatic carbocycles. The minimum Gasteiger partial charge on any atom is -0.318 e. The van der Waals surface area contributed by atoms with E-state index in [9.17, 15) is 13.6 Å². The second kappa shape index (κ2) is 4.97. The Bertz CT molecular complexity index is 842. The number of nitrogens with zero attached hydrogens (tertiary/aromatic N) is 2. The summed E-state index contributed by atoms with van der Waals surface area (Å²) in [4.78, 5) is 16.3. The monoisotopic (exact) mass is 287 g/mol. The molecule has 1 N–H and O–H groups in total. The van der Waals surface area contributed by atoms with Gasteiger partial charge in [0.15, 0.2) is 0 Å². The van der Waals surface area contributed by atoms with Gasteiger partial charge in [0.2, 0.25) is 0 Å². The minimum atomic E-state index is -0.830. The Morgan fingerprint density at radius 3 is 2.76 bits per heavy atom. The number of pyridine rings is 1. The molecular formula is C15H11F2N3O. The summed E-state index contributed by atoms with van der Waals surface area (Å²) in [5, 5.41) is 2.38. The molecule has 0 fully saturated rings. The highest BCUT2D eigenvalue weighted by atomic mass is 19.1. The number of benzene rings is 1. The first-order chi connectivity index (χ1) is 10.0. The van der Waals surface area contributed by atoms with E-state index in [4.69, 9.17) is 0 Å². The van der Waals surface area contributed by atoms with Crippen LogP contribution in [0.2, 0.25) is 0 Å². The van der Waals surface area contributed by atoms with Crippen LogP contribution >= 0.6 is 0 Å². The summed E-state index contributed by atoms with van der Waals surface area (Å²) in [6.07, 6.45) is 1.57. The number of aromatic nitrogens is 2. The summed E-state index contributed by atoms with van der Waals surface area (Å²) in [7, 11) is 0. The number of carbonyl (C=O) groups is 1.